The zero-order valence-electron chi connectivity index (χ0n) is 10.0. The van der Waals surface area contributed by atoms with Crippen LogP contribution in [0, 0.1) is 5.82 Å². The minimum Gasteiger partial charge on any atom is -0.368 e. The summed E-state index contributed by atoms with van der Waals surface area (Å²) in [6.07, 6.45) is 3.17. The maximum atomic E-state index is 13.7. The van der Waals surface area contributed by atoms with E-state index >= 15 is 0 Å². The van der Waals surface area contributed by atoms with Crippen LogP contribution in [0.5, 0.6) is 0 Å². The van der Waals surface area contributed by atoms with Gasteiger partial charge >= 0.3 is 0 Å². The van der Waals surface area contributed by atoms with Crippen LogP contribution in [0.3, 0.4) is 0 Å². The molecule has 2 heterocycles. The van der Waals surface area contributed by atoms with Gasteiger partial charge in [0, 0.05) is 18.0 Å². The Hall–Kier alpha value is -2.56. The molecule has 94 valence electrons. The van der Waals surface area contributed by atoms with E-state index in [0.717, 1.165) is 22.7 Å². The van der Waals surface area contributed by atoms with E-state index in [1.165, 1.54) is 0 Å². The van der Waals surface area contributed by atoms with Gasteiger partial charge in [0.05, 0.1) is 17.4 Å². The number of anilines is 1. The molecule has 0 amide bonds. The lowest BCUT2D eigenvalue weighted by Crippen LogP contribution is -2.03. The van der Waals surface area contributed by atoms with Crippen LogP contribution in [0.2, 0.25) is 0 Å². The molecule has 5 heteroatoms. The highest BCUT2D eigenvalue weighted by Gasteiger charge is 2.09. The Balaban J connectivity index is 2.08. The summed E-state index contributed by atoms with van der Waals surface area (Å²) in [6, 6.07) is 9.59. The minimum atomic E-state index is -0.449. The van der Waals surface area contributed by atoms with Crippen molar-refractivity contribution in [2.24, 2.45) is 0 Å². The van der Waals surface area contributed by atoms with Crippen molar-refractivity contribution in [3.05, 3.63) is 59.8 Å². The number of rotatable bonds is 2. The van der Waals surface area contributed by atoms with Gasteiger partial charge in [-0.3, -0.25) is 4.98 Å². The number of pyridine rings is 1. The van der Waals surface area contributed by atoms with Crippen LogP contribution in [-0.4, -0.2) is 15.0 Å². The Labute approximate surface area is 109 Å². The fourth-order valence-corrected chi connectivity index (χ4v) is 2.03. The van der Waals surface area contributed by atoms with Crippen molar-refractivity contribution in [1.29, 1.82) is 0 Å². The van der Waals surface area contributed by atoms with Gasteiger partial charge in [-0.05, 0) is 17.7 Å². The molecule has 4 nitrogen and oxygen atoms in total. The second kappa shape index (κ2) is 4.61. The third-order valence-electron chi connectivity index (χ3n) is 2.93. The molecule has 3 rings (SSSR count). The zero-order valence-corrected chi connectivity index (χ0v) is 10.0. The first kappa shape index (κ1) is 11.5. The highest BCUT2D eigenvalue weighted by Crippen LogP contribution is 2.19. The molecule has 3 aromatic rings. The molecule has 0 radical (unpaired) electrons. The van der Waals surface area contributed by atoms with E-state index in [4.69, 9.17) is 5.73 Å². The topological polar surface area (TPSA) is 64.7 Å². The minimum absolute atomic E-state index is 0.0785. The van der Waals surface area contributed by atoms with Crippen molar-refractivity contribution < 1.29 is 4.39 Å². The van der Waals surface area contributed by atoms with Gasteiger partial charge in [-0.2, -0.15) is 0 Å². The van der Waals surface area contributed by atoms with E-state index in [1.54, 1.807) is 6.20 Å². The molecule has 0 atom stereocenters. The summed E-state index contributed by atoms with van der Waals surface area (Å²) in [5.41, 5.74) is 7.63. The van der Waals surface area contributed by atoms with Crippen LogP contribution in [0.1, 0.15) is 11.3 Å². The Morgan fingerprint density at radius 2 is 1.95 bits per heavy atom. The average Bonchev–Trinajstić information content (AvgIpc) is 2.43. The second-order valence-electron chi connectivity index (χ2n) is 4.19. The maximum absolute atomic E-state index is 13.7. The van der Waals surface area contributed by atoms with Crippen molar-refractivity contribution in [3.63, 3.8) is 0 Å². The van der Waals surface area contributed by atoms with Crippen molar-refractivity contribution in [3.8, 4) is 0 Å². The standard InChI is InChI=1S/C14H11FN4/c15-11-8-18-14(16)19-13(11)7-9-5-6-17-12-4-2-1-3-10(9)12/h1-6,8H,7H2,(H2,16,18,19). The number of nitrogens with two attached hydrogens (primary N) is 1. The van der Waals surface area contributed by atoms with Crippen LogP contribution in [0.15, 0.2) is 42.7 Å². The number of fused-ring (bicyclic) bond motifs is 1. The van der Waals surface area contributed by atoms with Gasteiger partial charge in [0.2, 0.25) is 5.95 Å². The fourth-order valence-electron chi connectivity index (χ4n) is 2.03. The molecule has 0 unspecified atom stereocenters. The Bertz CT molecular complexity index is 737. The molecule has 19 heavy (non-hydrogen) atoms. The van der Waals surface area contributed by atoms with E-state index in [1.807, 2.05) is 30.3 Å². The van der Waals surface area contributed by atoms with E-state index in [2.05, 4.69) is 15.0 Å². The first-order valence-corrected chi connectivity index (χ1v) is 5.83. The number of nitrogen functional groups attached to an aromatic ring is 1. The SMILES string of the molecule is Nc1ncc(F)c(Cc2ccnc3ccccc23)n1. The summed E-state index contributed by atoms with van der Waals surface area (Å²) in [5, 5.41) is 0.988. The normalized spacial score (nSPS) is 10.8. The molecule has 0 saturated heterocycles. The first-order valence-electron chi connectivity index (χ1n) is 5.83. The smallest absolute Gasteiger partial charge is 0.220 e. The summed E-state index contributed by atoms with van der Waals surface area (Å²) >= 11 is 0. The summed E-state index contributed by atoms with van der Waals surface area (Å²) < 4.78 is 13.7. The first-order chi connectivity index (χ1) is 9.24. The van der Waals surface area contributed by atoms with Crippen LogP contribution in [0.4, 0.5) is 10.3 Å². The highest BCUT2D eigenvalue weighted by molar-refractivity contribution is 5.82. The number of aromatic nitrogens is 3. The number of halogens is 1. The molecule has 0 aliphatic carbocycles. The molecule has 0 aliphatic heterocycles. The fraction of sp³-hybridized carbons (Fsp3) is 0.0714. The lowest BCUT2D eigenvalue weighted by atomic mass is 10.0. The van der Waals surface area contributed by atoms with Crippen molar-refractivity contribution in [1.82, 2.24) is 15.0 Å². The van der Waals surface area contributed by atoms with E-state index in [0.29, 0.717) is 12.1 Å². The monoisotopic (exact) mass is 254 g/mol. The van der Waals surface area contributed by atoms with Gasteiger partial charge in [-0.1, -0.05) is 18.2 Å². The number of hydrogen-bond donors (Lipinski definition) is 1. The Kier molecular flexibility index (Phi) is 2.79. The molecule has 1 aromatic carbocycles. The average molecular weight is 254 g/mol. The molecule has 0 bridgehead atoms. The van der Waals surface area contributed by atoms with Crippen molar-refractivity contribution >= 4 is 16.9 Å². The quantitative estimate of drug-likeness (QED) is 0.762. The lowest BCUT2D eigenvalue weighted by molar-refractivity contribution is 0.597. The third-order valence-corrected chi connectivity index (χ3v) is 2.93. The summed E-state index contributed by atoms with van der Waals surface area (Å²) in [7, 11) is 0. The van der Waals surface area contributed by atoms with E-state index in [9.17, 15) is 4.39 Å². The number of para-hydroxylation sites is 1. The Morgan fingerprint density at radius 1 is 1.11 bits per heavy atom. The summed E-state index contributed by atoms with van der Waals surface area (Å²) in [5.74, 6) is -0.371. The number of hydrogen-bond acceptors (Lipinski definition) is 4. The van der Waals surface area contributed by atoms with Gasteiger partial charge in [0.15, 0.2) is 5.82 Å². The summed E-state index contributed by atoms with van der Waals surface area (Å²) in [6.45, 7) is 0. The zero-order chi connectivity index (χ0) is 13.2. The molecular formula is C14H11FN4. The number of benzene rings is 1. The van der Waals surface area contributed by atoms with Crippen LogP contribution >= 0.6 is 0 Å². The molecular weight excluding hydrogens is 243 g/mol. The summed E-state index contributed by atoms with van der Waals surface area (Å²) in [4.78, 5) is 11.8. The molecule has 0 aliphatic rings. The van der Waals surface area contributed by atoms with Gasteiger partial charge in [0.1, 0.15) is 0 Å². The van der Waals surface area contributed by atoms with Gasteiger partial charge in [-0.25, -0.2) is 14.4 Å². The second-order valence-corrected chi connectivity index (χ2v) is 4.19. The van der Waals surface area contributed by atoms with Crippen molar-refractivity contribution in [2.45, 2.75) is 6.42 Å². The molecule has 0 saturated carbocycles. The third kappa shape index (κ3) is 2.22. The van der Waals surface area contributed by atoms with Gasteiger partial charge in [0.25, 0.3) is 0 Å². The molecule has 2 N–H and O–H groups in total. The molecule has 0 spiro atoms. The van der Waals surface area contributed by atoms with Crippen LogP contribution in [-0.2, 0) is 6.42 Å². The molecule has 2 aromatic heterocycles. The lowest BCUT2D eigenvalue weighted by Gasteiger charge is -2.06. The van der Waals surface area contributed by atoms with E-state index < -0.39 is 5.82 Å². The largest absolute Gasteiger partial charge is 0.368 e. The van der Waals surface area contributed by atoms with Crippen molar-refractivity contribution in [2.75, 3.05) is 5.73 Å². The maximum Gasteiger partial charge on any atom is 0.220 e. The predicted molar refractivity (Wildman–Crippen MR) is 71.0 cm³/mol. The van der Waals surface area contributed by atoms with E-state index in [-0.39, 0.29) is 5.95 Å². The molecule has 0 fully saturated rings. The number of nitrogens with zero attached hydrogens (tertiary/aromatic N) is 3. The Morgan fingerprint density at radius 3 is 2.84 bits per heavy atom. The predicted octanol–water partition coefficient (Wildman–Crippen LogP) is 2.34. The van der Waals surface area contributed by atoms with Crippen LogP contribution < -0.4 is 5.73 Å². The van der Waals surface area contributed by atoms with Crippen LogP contribution in [0.25, 0.3) is 10.9 Å². The van der Waals surface area contributed by atoms with Gasteiger partial charge in [-0.15, -0.1) is 0 Å². The highest BCUT2D eigenvalue weighted by atomic mass is 19.1. The van der Waals surface area contributed by atoms with Gasteiger partial charge < -0.3 is 5.73 Å².